The van der Waals surface area contributed by atoms with Crippen LogP contribution in [0.15, 0.2) is 21.5 Å². The summed E-state index contributed by atoms with van der Waals surface area (Å²) in [7, 11) is 0. The van der Waals surface area contributed by atoms with Gasteiger partial charge < -0.3 is 0 Å². The van der Waals surface area contributed by atoms with E-state index in [9.17, 15) is 4.79 Å². The van der Waals surface area contributed by atoms with Crippen molar-refractivity contribution in [2.24, 2.45) is 10.2 Å². The minimum absolute atomic E-state index is 0.171. The van der Waals surface area contributed by atoms with Gasteiger partial charge in [-0.2, -0.15) is 5.11 Å². The molecule has 0 aliphatic carbocycles. The number of carbonyl (C=O) groups excluding carboxylic acids is 1. The summed E-state index contributed by atoms with van der Waals surface area (Å²) in [6.45, 7) is 3.72. The van der Waals surface area contributed by atoms with Crippen LogP contribution in [-0.2, 0) is 4.79 Å². The molecule has 0 atom stereocenters. The molecule has 1 aliphatic rings. The van der Waals surface area contributed by atoms with Crippen LogP contribution in [0.4, 0.5) is 0 Å². The van der Waals surface area contributed by atoms with Crippen LogP contribution in [0, 0.1) is 0 Å². The van der Waals surface area contributed by atoms with Gasteiger partial charge in [-0.15, -0.1) is 5.11 Å². The number of nitrogens with zero attached hydrogens (tertiary/aromatic N) is 2. The number of allylic oxidation sites excluding steroid dienone is 1. The van der Waals surface area contributed by atoms with Crippen molar-refractivity contribution in [3.63, 3.8) is 0 Å². The zero-order valence-corrected chi connectivity index (χ0v) is 5.51. The third-order valence-corrected chi connectivity index (χ3v) is 1.34. The fourth-order valence-corrected chi connectivity index (χ4v) is 0.803. The molecule has 1 rings (SSSR count). The average molecular weight is 124 g/mol. The second-order valence-corrected chi connectivity index (χ2v) is 1.92. The second-order valence-electron chi connectivity index (χ2n) is 1.92. The van der Waals surface area contributed by atoms with Crippen LogP contribution >= 0.6 is 0 Å². The molecule has 0 saturated carbocycles. The summed E-state index contributed by atoms with van der Waals surface area (Å²) in [6.07, 6.45) is 0.734. The molecule has 0 unspecified atom stereocenters. The second kappa shape index (κ2) is 2.09. The van der Waals surface area contributed by atoms with Crippen molar-refractivity contribution in [1.29, 1.82) is 0 Å². The molecule has 0 radical (unpaired) electrons. The van der Waals surface area contributed by atoms with E-state index in [-0.39, 0.29) is 5.91 Å². The van der Waals surface area contributed by atoms with Gasteiger partial charge in [-0.3, -0.25) is 4.79 Å². The molecule has 0 N–H and O–H groups in total. The Labute approximate surface area is 53.5 Å². The molecule has 1 heterocycles. The first-order chi connectivity index (χ1) is 4.25. The molecule has 0 aromatic heterocycles. The van der Waals surface area contributed by atoms with E-state index in [2.05, 4.69) is 10.2 Å². The molecule has 0 saturated heterocycles. The molecule has 0 aromatic rings. The van der Waals surface area contributed by atoms with Gasteiger partial charge in [-0.1, -0.05) is 6.92 Å². The fourth-order valence-electron chi connectivity index (χ4n) is 0.803. The maximum absolute atomic E-state index is 10.7. The van der Waals surface area contributed by atoms with Crippen molar-refractivity contribution >= 4 is 5.91 Å². The SMILES string of the molecule is CCC1=C(C)N=NC1=O. The Kier molecular flexibility index (Phi) is 1.42. The summed E-state index contributed by atoms with van der Waals surface area (Å²) < 4.78 is 0. The standard InChI is InChI=1S/C6H8N2O/c1-3-5-4(2)7-8-6(5)9/h3H2,1-2H3. The van der Waals surface area contributed by atoms with Crippen molar-refractivity contribution in [1.82, 2.24) is 0 Å². The Morgan fingerprint density at radius 3 is 2.33 bits per heavy atom. The first-order valence-corrected chi connectivity index (χ1v) is 2.91. The summed E-state index contributed by atoms with van der Waals surface area (Å²) in [5.74, 6) is -0.171. The molecule has 0 bridgehead atoms. The minimum atomic E-state index is -0.171. The number of azo groups is 1. The highest BCUT2D eigenvalue weighted by Gasteiger charge is 2.14. The van der Waals surface area contributed by atoms with Gasteiger partial charge in [0.25, 0.3) is 5.91 Å². The molecule has 48 valence electrons. The Bertz CT molecular complexity index is 203. The van der Waals surface area contributed by atoms with Gasteiger partial charge in [-0.25, -0.2) is 0 Å². The van der Waals surface area contributed by atoms with Crippen LogP contribution < -0.4 is 0 Å². The topological polar surface area (TPSA) is 41.8 Å². The van der Waals surface area contributed by atoms with Crippen molar-refractivity contribution in [3.05, 3.63) is 11.3 Å². The van der Waals surface area contributed by atoms with Crippen LogP contribution in [0.25, 0.3) is 0 Å². The van der Waals surface area contributed by atoms with E-state index in [0.717, 1.165) is 17.7 Å². The van der Waals surface area contributed by atoms with E-state index in [1.165, 1.54) is 0 Å². The van der Waals surface area contributed by atoms with Crippen molar-refractivity contribution in [3.8, 4) is 0 Å². The molecule has 9 heavy (non-hydrogen) atoms. The Hall–Kier alpha value is -0.990. The first kappa shape index (κ1) is 6.13. The molecule has 3 heteroatoms. The monoisotopic (exact) mass is 124 g/mol. The molecule has 0 aromatic carbocycles. The van der Waals surface area contributed by atoms with Crippen molar-refractivity contribution in [2.45, 2.75) is 20.3 Å². The molecule has 1 amide bonds. The van der Waals surface area contributed by atoms with Crippen molar-refractivity contribution < 1.29 is 4.79 Å². The fraction of sp³-hybridized carbons (Fsp3) is 0.500. The van der Waals surface area contributed by atoms with Gasteiger partial charge in [-0.05, 0) is 13.3 Å². The lowest BCUT2D eigenvalue weighted by molar-refractivity contribution is -0.114. The summed E-state index contributed by atoms with van der Waals surface area (Å²) in [5, 5.41) is 7.01. The average Bonchev–Trinajstić information content (AvgIpc) is 2.12. The lowest BCUT2D eigenvalue weighted by atomic mass is 10.2. The first-order valence-electron chi connectivity index (χ1n) is 2.91. The van der Waals surface area contributed by atoms with E-state index < -0.39 is 0 Å². The van der Waals surface area contributed by atoms with Gasteiger partial charge in [0.1, 0.15) is 0 Å². The van der Waals surface area contributed by atoms with E-state index in [1.807, 2.05) is 6.92 Å². The summed E-state index contributed by atoms with van der Waals surface area (Å²) in [5.41, 5.74) is 1.51. The Morgan fingerprint density at radius 2 is 2.11 bits per heavy atom. The lowest BCUT2D eigenvalue weighted by Crippen LogP contribution is -1.92. The predicted octanol–water partition coefficient (Wildman–Crippen LogP) is 1.66. The highest BCUT2D eigenvalue weighted by Crippen LogP contribution is 2.17. The molecule has 3 nitrogen and oxygen atoms in total. The van der Waals surface area contributed by atoms with Crippen LogP contribution in [0.3, 0.4) is 0 Å². The predicted molar refractivity (Wildman–Crippen MR) is 32.9 cm³/mol. The Balaban J connectivity index is 2.92. The van der Waals surface area contributed by atoms with Gasteiger partial charge in [0.05, 0.1) is 5.70 Å². The van der Waals surface area contributed by atoms with Gasteiger partial charge in [0, 0.05) is 5.57 Å². The largest absolute Gasteiger partial charge is 0.293 e. The summed E-state index contributed by atoms with van der Waals surface area (Å²) >= 11 is 0. The van der Waals surface area contributed by atoms with Gasteiger partial charge in [0.2, 0.25) is 0 Å². The van der Waals surface area contributed by atoms with Crippen LogP contribution in [-0.4, -0.2) is 5.91 Å². The quantitative estimate of drug-likeness (QED) is 0.524. The maximum Gasteiger partial charge on any atom is 0.293 e. The highest BCUT2D eigenvalue weighted by molar-refractivity contribution is 5.95. The molecule has 1 aliphatic heterocycles. The molecule has 0 fully saturated rings. The number of hydrogen-bond acceptors (Lipinski definition) is 2. The molecule has 0 spiro atoms. The minimum Gasteiger partial charge on any atom is -0.265 e. The van der Waals surface area contributed by atoms with Crippen LogP contribution in [0.2, 0.25) is 0 Å². The number of hydrogen-bond donors (Lipinski definition) is 0. The normalized spacial score (nSPS) is 17.8. The number of carbonyl (C=O) groups is 1. The number of amides is 1. The summed E-state index contributed by atoms with van der Waals surface area (Å²) in [4.78, 5) is 10.7. The van der Waals surface area contributed by atoms with E-state index in [4.69, 9.17) is 0 Å². The Morgan fingerprint density at radius 1 is 1.44 bits per heavy atom. The third-order valence-electron chi connectivity index (χ3n) is 1.34. The maximum atomic E-state index is 10.7. The smallest absolute Gasteiger partial charge is 0.265 e. The van der Waals surface area contributed by atoms with E-state index >= 15 is 0 Å². The zero-order chi connectivity index (χ0) is 6.85. The highest BCUT2D eigenvalue weighted by atomic mass is 16.2. The van der Waals surface area contributed by atoms with Crippen LogP contribution in [0.1, 0.15) is 20.3 Å². The third kappa shape index (κ3) is 0.896. The van der Waals surface area contributed by atoms with Crippen molar-refractivity contribution in [2.75, 3.05) is 0 Å². The van der Waals surface area contributed by atoms with Gasteiger partial charge in [0.15, 0.2) is 0 Å². The molecular weight excluding hydrogens is 116 g/mol. The van der Waals surface area contributed by atoms with E-state index in [0.29, 0.717) is 0 Å². The van der Waals surface area contributed by atoms with Crippen LogP contribution in [0.5, 0.6) is 0 Å². The number of rotatable bonds is 1. The molecular formula is C6H8N2O. The lowest BCUT2D eigenvalue weighted by Gasteiger charge is -1.89. The zero-order valence-electron chi connectivity index (χ0n) is 5.51. The summed E-state index contributed by atoms with van der Waals surface area (Å²) in [6, 6.07) is 0. The van der Waals surface area contributed by atoms with E-state index in [1.54, 1.807) is 6.92 Å². The van der Waals surface area contributed by atoms with Gasteiger partial charge >= 0.3 is 0 Å².